The first-order valence-electron chi connectivity index (χ1n) is 19.3. The van der Waals surface area contributed by atoms with Gasteiger partial charge in [0.05, 0.1) is 5.69 Å². The Bertz CT molecular complexity index is 3400. The average Bonchev–Trinajstić information content (AvgIpc) is 3.89. The third kappa shape index (κ3) is 4.43. The van der Waals surface area contributed by atoms with Crippen molar-refractivity contribution in [3.8, 4) is 22.3 Å². The van der Waals surface area contributed by atoms with Crippen molar-refractivity contribution in [3.63, 3.8) is 0 Å². The Morgan fingerprint density at radius 2 is 1.16 bits per heavy atom. The Morgan fingerprint density at radius 3 is 2.04 bits per heavy atom. The normalized spacial score (nSPS) is 13.3. The number of anilines is 3. The number of rotatable bonds is 4. The molecule has 56 heavy (non-hydrogen) atoms. The maximum Gasteiger partial charge on any atom is 0.143 e. The van der Waals surface area contributed by atoms with Crippen LogP contribution in [0.4, 0.5) is 17.1 Å². The minimum absolute atomic E-state index is 0.106. The van der Waals surface area contributed by atoms with E-state index in [9.17, 15) is 0 Å². The summed E-state index contributed by atoms with van der Waals surface area (Å²) in [5, 5.41) is 9.75. The van der Waals surface area contributed by atoms with Gasteiger partial charge in [0.1, 0.15) is 11.2 Å². The van der Waals surface area contributed by atoms with Gasteiger partial charge in [0, 0.05) is 58.7 Å². The molecule has 0 saturated heterocycles. The number of furan rings is 1. The van der Waals surface area contributed by atoms with Gasteiger partial charge >= 0.3 is 0 Å². The van der Waals surface area contributed by atoms with E-state index in [2.05, 4.69) is 195 Å². The van der Waals surface area contributed by atoms with Gasteiger partial charge in [-0.1, -0.05) is 141 Å². The highest BCUT2D eigenvalue weighted by Crippen LogP contribution is 2.55. The highest BCUT2D eigenvalue weighted by atomic mass is 32.1. The second kappa shape index (κ2) is 11.7. The first kappa shape index (κ1) is 31.6. The van der Waals surface area contributed by atoms with Gasteiger partial charge in [0.15, 0.2) is 0 Å². The van der Waals surface area contributed by atoms with E-state index in [1.165, 1.54) is 86.2 Å². The molecule has 2 nitrogen and oxygen atoms in total. The van der Waals surface area contributed by atoms with Crippen molar-refractivity contribution < 1.29 is 4.42 Å². The predicted molar refractivity (Wildman–Crippen MR) is 239 cm³/mol. The molecule has 12 rings (SSSR count). The number of thiophene rings is 1. The summed E-state index contributed by atoms with van der Waals surface area (Å²) >= 11 is 1.86. The van der Waals surface area contributed by atoms with Crippen molar-refractivity contribution in [2.45, 2.75) is 19.3 Å². The van der Waals surface area contributed by atoms with Crippen molar-refractivity contribution in [1.82, 2.24) is 0 Å². The zero-order valence-electron chi connectivity index (χ0n) is 31.0. The lowest BCUT2D eigenvalue weighted by atomic mass is 9.82. The van der Waals surface area contributed by atoms with Crippen molar-refractivity contribution in [3.05, 3.63) is 187 Å². The highest BCUT2D eigenvalue weighted by Gasteiger charge is 2.37. The second-order valence-corrected chi connectivity index (χ2v) is 16.7. The molecule has 0 saturated carbocycles. The van der Waals surface area contributed by atoms with Crippen LogP contribution in [0.3, 0.4) is 0 Å². The fraction of sp³-hybridized carbons (Fsp3) is 0.0566. The molecular formula is C53H35NOS. The van der Waals surface area contributed by atoms with E-state index in [1.54, 1.807) is 0 Å². The van der Waals surface area contributed by atoms with Gasteiger partial charge in [-0.3, -0.25) is 0 Å². The first-order chi connectivity index (χ1) is 27.5. The molecule has 2 heterocycles. The van der Waals surface area contributed by atoms with E-state index in [0.29, 0.717) is 0 Å². The van der Waals surface area contributed by atoms with Crippen molar-refractivity contribution >= 4 is 92.1 Å². The molecule has 264 valence electrons. The maximum absolute atomic E-state index is 6.62. The zero-order chi connectivity index (χ0) is 37.1. The highest BCUT2D eigenvalue weighted by molar-refractivity contribution is 7.26. The van der Waals surface area contributed by atoms with Crippen LogP contribution in [0.5, 0.6) is 0 Å². The van der Waals surface area contributed by atoms with Gasteiger partial charge in [-0.15, -0.1) is 11.3 Å². The van der Waals surface area contributed by atoms with Gasteiger partial charge in [-0.05, 0) is 92.5 Å². The van der Waals surface area contributed by atoms with Crippen LogP contribution < -0.4 is 4.90 Å². The first-order valence-corrected chi connectivity index (χ1v) is 20.2. The van der Waals surface area contributed by atoms with Crippen molar-refractivity contribution in [1.29, 1.82) is 0 Å². The number of hydrogen-bond donors (Lipinski definition) is 0. The molecule has 2 aromatic heterocycles. The Balaban J connectivity index is 1.08. The summed E-state index contributed by atoms with van der Waals surface area (Å²) in [5.74, 6) is 0. The number of benzene rings is 9. The van der Waals surface area contributed by atoms with Gasteiger partial charge in [-0.2, -0.15) is 0 Å². The smallest absolute Gasteiger partial charge is 0.143 e. The van der Waals surface area contributed by atoms with E-state index in [-0.39, 0.29) is 5.41 Å². The molecule has 1 aliphatic carbocycles. The number of fused-ring (bicyclic) bond motifs is 13. The molecule has 0 aliphatic heterocycles. The Morgan fingerprint density at radius 1 is 0.482 bits per heavy atom. The zero-order valence-corrected chi connectivity index (χ0v) is 31.8. The summed E-state index contributed by atoms with van der Waals surface area (Å²) in [5.41, 5.74) is 13.0. The molecule has 0 atom stereocenters. The summed E-state index contributed by atoms with van der Waals surface area (Å²) in [4.78, 5) is 2.47. The molecule has 0 fully saturated rings. The standard InChI is InChI=1S/C53H35NOS/c1-53(2)43-18-8-7-16-40(43)49-44(53)19-10-20-45(49)54(35-24-21-34(22-25-35)38-17-9-13-32-11-3-5-14-37(32)38)36-26-28-41-48(31-36)56-47-30-29-46-50(51(41)47)42-27-23-33-12-4-6-15-39(33)52(42)55-46/h3-31H,1-2H3. The molecule has 1 aliphatic rings. The van der Waals surface area contributed by atoms with Gasteiger partial charge in [0.25, 0.3) is 0 Å². The van der Waals surface area contributed by atoms with Crippen molar-refractivity contribution in [2.75, 3.05) is 4.90 Å². The largest absolute Gasteiger partial charge is 0.455 e. The molecular weight excluding hydrogens is 699 g/mol. The summed E-state index contributed by atoms with van der Waals surface area (Å²) in [6.07, 6.45) is 0. The van der Waals surface area contributed by atoms with Gasteiger partial charge in [0.2, 0.25) is 0 Å². The molecule has 0 N–H and O–H groups in total. The SMILES string of the molecule is CC1(C)c2ccccc2-c2c(N(c3ccc(-c4cccc5ccccc45)cc3)c3ccc4c(c3)sc3ccc5oc6c7ccccc7ccc6c5c34)cccc21. The Labute approximate surface area is 328 Å². The van der Waals surface area contributed by atoms with E-state index < -0.39 is 0 Å². The molecule has 11 aromatic rings. The fourth-order valence-electron chi connectivity index (χ4n) is 9.60. The van der Waals surface area contributed by atoms with E-state index in [1.807, 2.05) is 11.3 Å². The fourth-order valence-corrected chi connectivity index (χ4v) is 10.8. The minimum atomic E-state index is -0.106. The lowest BCUT2D eigenvalue weighted by Crippen LogP contribution is -2.16. The van der Waals surface area contributed by atoms with Gasteiger partial charge < -0.3 is 9.32 Å². The molecule has 9 aromatic carbocycles. The minimum Gasteiger partial charge on any atom is -0.455 e. The van der Waals surface area contributed by atoms with E-state index in [4.69, 9.17) is 4.42 Å². The Kier molecular flexibility index (Phi) is 6.59. The monoisotopic (exact) mass is 733 g/mol. The summed E-state index contributed by atoms with van der Waals surface area (Å²) < 4.78 is 9.14. The predicted octanol–water partition coefficient (Wildman–Crippen LogP) is 15.7. The van der Waals surface area contributed by atoms with Crippen LogP contribution in [0.1, 0.15) is 25.0 Å². The maximum atomic E-state index is 6.62. The average molecular weight is 734 g/mol. The molecule has 0 bridgehead atoms. The number of nitrogens with zero attached hydrogens (tertiary/aromatic N) is 1. The van der Waals surface area contributed by atoms with Crippen LogP contribution in [0, 0.1) is 0 Å². The van der Waals surface area contributed by atoms with Crippen LogP contribution >= 0.6 is 11.3 Å². The van der Waals surface area contributed by atoms with Crippen LogP contribution in [0.25, 0.3) is 85.9 Å². The Hall–Kier alpha value is -6.68. The second-order valence-electron chi connectivity index (χ2n) is 15.6. The van der Waals surface area contributed by atoms with Crippen LogP contribution in [0.15, 0.2) is 180 Å². The van der Waals surface area contributed by atoms with Gasteiger partial charge in [-0.25, -0.2) is 0 Å². The topological polar surface area (TPSA) is 16.4 Å². The quantitative estimate of drug-likeness (QED) is 0.179. The van der Waals surface area contributed by atoms with Crippen LogP contribution in [-0.2, 0) is 5.41 Å². The van der Waals surface area contributed by atoms with Crippen LogP contribution in [-0.4, -0.2) is 0 Å². The summed E-state index contributed by atoms with van der Waals surface area (Å²) in [7, 11) is 0. The summed E-state index contributed by atoms with van der Waals surface area (Å²) in [6.45, 7) is 4.72. The third-order valence-electron chi connectivity index (χ3n) is 12.3. The van der Waals surface area contributed by atoms with Crippen LogP contribution in [0.2, 0.25) is 0 Å². The molecule has 3 heteroatoms. The lowest BCUT2D eigenvalue weighted by molar-refractivity contribution is 0.660. The molecule has 0 amide bonds. The lowest BCUT2D eigenvalue weighted by Gasteiger charge is -2.29. The third-order valence-corrected chi connectivity index (χ3v) is 13.4. The summed E-state index contributed by atoms with van der Waals surface area (Å²) in [6, 6.07) is 64.6. The number of hydrogen-bond acceptors (Lipinski definition) is 3. The molecule has 0 unspecified atom stereocenters. The molecule has 0 spiro atoms. The molecule has 0 radical (unpaired) electrons. The van der Waals surface area contributed by atoms with E-state index in [0.717, 1.165) is 27.9 Å². The van der Waals surface area contributed by atoms with Crippen molar-refractivity contribution in [2.24, 2.45) is 0 Å². The van der Waals surface area contributed by atoms with E-state index >= 15 is 0 Å².